The molecule has 2 aromatic heterocycles. The number of ether oxygens (including phenoxy) is 1. The van der Waals surface area contributed by atoms with Crippen molar-refractivity contribution in [1.29, 1.82) is 0 Å². The molecule has 0 aliphatic carbocycles. The zero-order valence-electron chi connectivity index (χ0n) is 6.94. The van der Waals surface area contributed by atoms with Gasteiger partial charge in [-0.15, -0.1) is 11.3 Å². The minimum atomic E-state index is -0.240. The molecule has 3 nitrogen and oxygen atoms in total. The van der Waals surface area contributed by atoms with Crippen LogP contribution in [-0.2, 0) is 4.74 Å². The lowest BCUT2D eigenvalue weighted by atomic mass is 10.4. The Kier molecular flexibility index (Phi) is 2.28. The molecular formula is C8H7NO2S2. The summed E-state index contributed by atoms with van der Waals surface area (Å²) in [5.41, 5.74) is 0. The Morgan fingerprint density at radius 2 is 2.54 bits per heavy atom. The van der Waals surface area contributed by atoms with Gasteiger partial charge in [-0.1, -0.05) is 0 Å². The van der Waals surface area contributed by atoms with Crippen molar-refractivity contribution in [1.82, 2.24) is 4.37 Å². The van der Waals surface area contributed by atoms with Gasteiger partial charge in [0, 0.05) is 11.6 Å². The molecule has 2 rings (SSSR count). The van der Waals surface area contributed by atoms with Crippen LogP contribution in [0.25, 0.3) is 9.40 Å². The average molecular weight is 213 g/mol. The monoisotopic (exact) mass is 213 g/mol. The van der Waals surface area contributed by atoms with Gasteiger partial charge in [-0.2, -0.15) is 4.37 Å². The lowest BCUT2D eigenvalue weighted by Crippen LogP contribution is -2.01. The van der Waals surface area contributed by atoms with Crippen molar-refractivity contribution >= 4 is 38.2 Å². The Morgan fingerprint density at radius 3 is 3.23 bits per heavy atom. The molecule has 0 spiro atoms. The number of hydrogen-bond donors (Lipinski definition) is 0. The molecule has 68 valence electrons. The van der Waals surface area contributed by atoms with Gasteiger partial charge >= 0.3 is 5.97 Å². The summed E-state index contributed by atoms with van der Waals surface area (Å²) >= 11 is 2.84. The van der Waals surface area contributed by atoms with Gasteiger partial charge < -0.3 is 4.74 Å². The van der Waals surface area contributed by atoms with E-state index in [0.717, 1.165) is 9.40 Å². The Morgan fingerprint density at radius 1 is 1.69 bits per heavy atom. The molecule has 13 heavy (non-hydrogen) atoms. The molecule has 0 atom stereocenters. The van der Waals surface area contributed by atoms with Crippen LogP contribution in [0.5, 0.6) is 0 Å². The minimum absolute atomic E-state index is 0.240. The van der Waals surface area contributed by atoms with Crippen LogP contribution in [0.2, 0.25) is 0 Å². The predicted molar refractivity (Wildman–Crippen MR) is 53.5 cm³/mol. The first-order valence-corrected chi connectivity index (χ1v) is 5.41. The number of rotatable bonds is 2. The molecule has 0 amide bonds. The molecule has 0 saturated heterocycles. The maximum Gasteiger partial charge on any atom is 0.348 e. The van der Waals surface area contributed by atoms with Crippen LogP contribution >= 0.6 is 22.9 Å². The Hall–Kier alpha value is -0.940. The van der Waals surface area contributed by atoms with Crippen LogP contribution in [0.1, 0.15) is 16.6 Å². The summed E-state index contributed by atoms with van der Waals surface area (Å²) in [4.78, 5) is 11.9. The quantitative estimate of drug-likeness (QED) is 0.720. The van der Waals surface area contributed by atoms with Gasteiger partial charge in [0.25, 0.3) is 0 Å². The number of nitrogens with zero attached hydrogens (tertiary/aromatic N) is 1. The van der Waals surface area contributed by atoms with Crippen LogP contribution in [0.15, 0.2) is 12.3 Å². The molecule has 0 N–H and O–H groups in total. The minimum Gasteiger partial charge on any atom is -0.462 e. The van der Waals surface area contributed by atoms with Crippen LogP contribution in [0.4, 0.5) is 0 Å². The first kappa shape index (κ1) is 8.65. The average Bonchev–Trinajstić information content (AvgIpc) is 2.61. The maximum absolute atomic E-state index is 11.3. The second-order valence-corrected chi connectivity index (χ2v) is 4.51. The highest BCUT2D eigenvalue weighted by Crippen LogP contribution is 2.28. The van der Waals surface area contributed by atoms with Gasteiger partial charge in [0.2, 0.25) is 0 Å². The van der Waals surface area contributed by atoms with Crippen molar-refractivity contribution in [2.45, 2.75) is 6.92 Å². The molecular weight excluding hydrogens is 206 g/mol. The van der Waals surface area contributed by atoms with E-state index in [4.69, 9.17) is 4.74 Å². The molecule has 0 radical (unpaired) electrons. The van der Waals surface area contributed by atoms with Crippen molar-refractivity contribution in [2.75, 3.05) is 6.61 Å². The molecule has 0 bridgehead atoms. The van der Waals surface area contributed by atoms with E-state index in [0.29, 0.717) is 11.5 Å². The smallest absolute Gasteiger partial charge is 0.348 e. The standard InChI is InChI=1S/C8H7NO2S2/c1-2-11-7(10)6-3-5-4-9-13-8(5)12-6/h3-4H,2H2,1H3. The Bertz CT molecular complexity index is 403. The van der Waals surface area contributed by atoms with Crippen LogP contribution < -0.4 is 0 Å². The second kappa shape index (κ2) is 3.43. The van der Waals surface area contributed by atoms with Crippen molar-refractivity contribution in [3.05, 3.63) is 17.1 Å². The number of hydrogen-bond acceptors (Lipinski definition) is 5. The fourth-order valence-corrected chi connectivity index (χ4v) is 2.77. The fourth-order valence-electron chi connectivity index (χ4n) is 0.984. The summed E-state index contributed by atoms with van der Waals surface area (Å²) in [6.07, 6.45) is 1.76. The normalized spacial score (nSPS) is 10.5. The predicted octanol–water partition coefficient (Wildman–Crippen LogP) is 2.53. The van der Waals surface area contributed by atoms with Crippen LogP contribution in [-0.4, -0.2) is 16.9 Å². The summed E-state index contributed by atoms with van der Waals surface area (Å²) in [5.74, 6) is -0.240. The maximum atomic E-state index is 11.3. The van der Waals surface area contributed by atoms with Crippen molar-refractivity contribution in [3.8, 4) is 0 Å². The molecule has 5 heteroatoms. The van der Waals surface area contributed by atoms with E-state index in [1.54, 1.807) is 13.1 Å². The molecule has 0 aromatic carbocycles. The van der Waals surface area contributed by atoms with Gasteiger partial charge in [0.05, 0.1) is 6.61 Å². The molecule has 0 unspecified atom stereocenters. The van der Waals surface area contributed by atoms with Crippen molar-refractivity contribution in [3.63, 3.8) is 0 Å². The highest BCUT2D eigenvalue weighted by molar-refractivity contribution is 7.36. The Balaban J connectivity index is 2.34. The molecule has 2 heterocycles. The van der Waals surface area contributed by atoms with Gasteiger partial charge in [-0.3, -0.25) is 0 Å². The number of carbonyl (C=O) groups excluding carboxylic acids is 1. The van der Waals surface area contributed by atoms with Gasteiger partial charge in [0.15, 0.2) is 0 Å². The fraction of sp³-hybridized carbons (Fsp3) is 0.250. The van der Waals surface area contributed by atoms with Crippen LogP contribution in [0.3, 0.4) is 0 Å². The number of esters is 1. The summed E-state index contributed by atoms with van der Waals surface area (Å²) in [7, 11) is 0. The highest BCUT2D eigenvalue weighted by Gasteiger charge is 2.11. The first-order chi connectivity index (χ1) is 6.31. The third-order valence-corrected chi connectivity index (χ3v) is 3.54. The van der Waals surface area contributed by atoms with E-state index in [1.807, 2.05) is 6.07 Å². The zero-order chi connectivity index (χ0) is 9.26. The lowest BCUT2D eigenvalue weighted by Gasteiger charge is -1.95. The summed E-state index contributed by atoms with van der Waals surface area (Å²) in [6.45, 7) is 2.22. The van der Waals surface area contributed by atoms with E-state index in [-0.39, 0.29) is 5.97 Å². The van der Waals surface area contributed by atoms with Gasteiger partial charge in [-0.25, -0.2) is 4.79 Å². The van der Waals surface area contributed by atoms with Crippen molar-refractivity contribution < 1.29 is 9.53 Å². The summed E-state index contributed by atoms with van der Waals surface area (Å²) in [5, 5.41) is 1.03. The van der Waals surface area contributed by atoms with Gasteiger partial charge in [0.1, 0.15) is 8.89 Å². The second-order valence-electron chi connectivity index (χ2n) is 2.40. The number of aromatic nitrogens is 1. The largest absolute Gasteiger partial charge is 0.462 e. The van der Waals surface area contributed by atoms with E-state index in [2.05, 4.69) is 4.37 Å². The first-order valence-electron chi connectivity index (χ1n) is 3.82. The van der Waals surface area contributed by atoms with Crippen molar-refractivity contribution in [2.24, 2.45) is 0 Å². The van der Waals surface area contributed by atoms with E-state index in [9.17, 15) is 4.79 Å². The number of carbonyl (C=O) groups is 1. The number of fused-ring (bicyclic) bond motifs is 1. The third-order valence-electron chi connectivity index (χ3n) is 1.53. The van der Waals surface area contributed by atoms with Crippen LogP contribution in [0, 0.1) is 0 Å². The lowest BCUT2D eigenvalue weighted by molar-refractivity contribution is 0.0532. The van der Waals surface area contributed by atoms with E-state index in [1.165, 1.54) is 22.9 Å². The van der Waals surface area contributed by atoms with Gasteiger partial charge in [-0.05, 0) is 24.5 Å². The summed E-state index contributed by atoms with van der Waals surface area (Å²) in [6, 6.07) is 1.82. The summed E-state index contributed by atoms with van der Waals surface area (Å²) < 4.78 is 9.96. The molecule has 0 aliphatic rings. The molecule has 0 fully saturated rings. The highest BCUT2D eigenvalue weighted by atomic mass is 32.2. The zero-order valence-corrected chi connectivity index (χ0v) is 8.58. The number of thiophene rings is 1. The molecule has 0 aliphatic heterocycles. The molecule has 0 saturated carbocycles. The Labute approximate surface area is 83.1 Å². The third kappa shape index (κ3) is 1.57. The topological polar surface area (TPSA) is 39.2 Å². The SMILES string of the molecule is CCOC(=O)c1cc2cnsc2s1. The van der Waals surface area contributed by atoms with E-state index < -0.39 is 0 Å². The van der Waals surface area contributed by atoms with E-state index >= 15 is 0 Å². The molecule has 2 aromatic rings.